The summed E-state index contributed by atoms with van der Waals surface area (Å²) in [5, 5.41) is 25.2. The summed E-state index contributed by atoms with van der Waals surface area (Å²) in [6.07, 6.45) is 1.28. The van der Waals surface area contributed by atoms with Gasteiger partial charge < -0.3 is 21.2 Å². The molecule has 196 valence electrons. The molecule has 4 N–H and O–H groups in total. The number of hydrogen-bond acceptors (Lipinski definition) is 8. The van der Waals surface area contributed by atoms with Crippen molar-refractivity contribution in [2.45, 2.75) is 45.5 Å². The number of likely N-dealkylation sites (tertiary alicyclic amines) is 1. The molecule has 10 heteroatoms. The highest BCUT2D eigenvalue weighted by Crippen LogP contribution is 2.23. The summed E-state index contributed by atoms with van der Waals surface area (Å²) < 4.78 is 7.51. The zero-order valence-electron chi connectivity index (χ0n) is 21.4. The average Bonchev–Trinajstić information content (AvgIpc) is 3.31. The lowest BCUT2D eigenvalue weighted by Crippen LogP contribution is -2.43. The quantitative estimate of drug-likeness (QED) is 0.452. The number of piperidine rings is 1. The number of carbonyl (C=O) groups is 1. The van der Waals surface area contributed by atoms with Gasteiger partial charge in [0.2, 0.25) is 0 Å². The second kappa shape index (κ2) is 12.7. The Morgan fingerprint density at radius 1 is 1.30 bits per heavy atom. The summed E-state index contributed by atoms with van der Waals surface area (Å²) in [4.78, 5) is 19.5. The molecule has 1 amide bonds. The number of nitrogens with one attached hydrogen (secondary N) is 2. The first-order valence-corrected chi connectivity index (χ1v) is 13.0. The highest BCUT2D eigenvalue weighted by atomic mass is 16.5. The van der Waals surface area contributed by atoms with Gasteiger partial charge in [-0.25, -0.2) is 0 Å². The van der Waals surface area contributed by atoms with Crippen molar-refractivity contribution >= 4 is 17.3 Å². The Balaban J connectivity index is 1.29. The van der Waals surface area contributed by atoms with Crippen LogP contribution in [-0.2, 0) is 22.6 Å². The Labute approximate surface area is 218 Å². The van der Waals surface area contributed by atoms with Gasteiger partial charge in [0.1, 0.15) is 11.6 Å². The molecule has 2 aliphatic heterocycles. The maximum atomic E-state index is 12.7. The Kier molecular flexibility index (Phi) is 9.17. The summed E-state index contributed by atoms with van der Waals surface area (Å²) in [5.41, 5.74) is 9.51. The fraction of sp³-hybridized carbons (Fsp3) is 0.519. The van der Waals surface area contributed by atoms with Gasteiger partial charge >= 0.3 is 0 Å². The van der Waals surface area contributed by atoms with E-state index in [-0.39, 0.29) is 23.8 Å². The van der Waals surface area contributed by atoms with Gasteiger partial charge in [-0.05, 0) is 44.8 Å². The number of nitrogens with two attached hydrogens (primary N) is 1. The van der Waals surface area contributed by atoms with Crippen LogP contribution in [0.5, 0.6) is 0 Å². The van der Waals surface area contributed by atoms with Gasteiger partial charge in [0.25, 0.3) is 5.91 Å². The number of amides is 1. The van der Waals surface area contributed by atoms with E-state index in [2.05, 4.69) is 39.5 Å². The molecule has 0 spiro atoms. The second-order valence-electron chi connectivity index (χ2n) is 9.56. The lowest BCUT2D eigenvalue weighted by Gasteiger charge is -2.32. The summed E-state index contributed by atoms with van der Waals surface area (Å²) in [6, 6.07) is 14.4. The van der Waals surface area contributed by atoms with E-state index in [0.717, 1.165) is 49.4 Å². The van der Waals surface area contributed by atoms with Crippen LogP contribution in [0, 0.1) is 28.6 Å². The Morgan fingerprint density at radius 3 is 2.73 bits per heavy atom. The van der Waals surface area contributed by atoms with E-state index in [1.54, 1.807) is 0 Å². The zero-order chi connectivity index (χ0) is 26.2. The summed E-state index contributed by atoms with van der Waals surface area (Å²) in [6.45, 7) is 6.67. The standard InChI is InChI=1S/C27H36N8O2/c1-2-37-27-22(16-29)23(30)15-25(32-27)26(36)31-17-19-8-11-34(12-9-19)18-21-14-24(33-35(21)13-10-28)20-6-4-3-5-7-20/h3-7,14,19,22,27,30H,2,8-13,15,17-18,28H2,1H3,(H,31,36). The Hall–Kier alpha value is -3.39. The molecule has 0 saturated carbocycles. The number of benzene rings is 1. The first kappa shape index (κ1) is 26.7. The molecule has 0 bridgehead atoms. The SMILES string of the molecule is CCOC1N=C(C(=O)NCC2CCN(Cc3cc(-c4ccccc4)nn3CCN)CC2)CC(=N)C1C#N. The van der Waals surface area contributed by atoms with E-state index >= 15 is 0 Å². The predicted molar refractivity (Wildman–Crippen MR) is 142 cm³/mol. The third-order valence-corrected chi connectivity index (χ3v) is 6.96. The largest absolute Gasteiger partial charge is 0.355 e. The van der Waals surface area contributed by atoms with Crippen LogP contribution in [0.15, 0.2) is 41.4 Å². The van der Waals surface area contributed by atoms with E-state index in [1.165, 1.54) is 0 Å². The van der Waals surface area contributed by atoms with Gasteiger partial charge in [-0.3, -0.25) is 19.4 Å². The summed E-state index contributed by atoms with van der Waals surface area (Å²) >= 11 is 0. The monoisotopic (exact) mass is 504 g/mol. The van der Waals surface area contributed by atoms with Crippen LogP contribution in [0.3, 0.4) is 0 Å². The molecule has 1 aromatic heterocycles. The molecule has 37 heavy (non-hydrogen) atoms. The lowest BCUT2D eigenvalue weighted by atomic mass is 9.94. The fourth-order valence-corrected chi connectivity index (χ4v) is 4.89. The predicted octanol–water partition coefficient (Wildman–Crippen LogP) is 2.20. The number of aliphatic imine (C=N–C) groups is 1. The normalized spacial score (nSPS) is 20.9. The first-order chi connectivity index (χ1) is 18.0. The molecule has 2 aliphatic rings. The molecule has 1 aromatic carbocycles. The number of nitriles is 1. The zero-order valence-corrected chi connectivity index (χ0v) is 21.4. The number of aromatic nitrogens is 2. The van der Waals surface area contributed by atoms with Gasteiger partial charge in [0.15, 0.2) is 6.23 Å². The number of nitrogens with zero attached hydrogens (tertiary/aromatic N) is 5. The molecule has 10 nitrogen and oxygen atoms in total. The van der Waals surface area contributed by atoms with E-state index < -0.39 is 12.1 Å². The van der Waals surface area contributed by atoms with Crippen molar-refractivity contribution < 1.29 is 9.53 Å². The molecule has 1 saturated heterocycles. The van der Waals surface area contributed by atoms with Crippen LogP contribution in [-0.4, -0.2) is 71.0 Å². The minimum Gasteiger partial charge on any atom is -0.355 e. The van der Waals surface area contributed by atoms with Gasteiger partial charge in [0.05, 0.1) is 24.0 Å². The molecule has 0 aliphatic carbocycles. The van der Waals surface area contributed by atoms with Gasteiger partial charge in [-0.15, -0.1) is 0 Å². The van der Waals surface area contributed by atoms with Crippen molar-refractivity contribution in [3.8, 4) is 17.3 Å². The number of carbonyl (C=O) groups excluding carboxylic acids is 1. The molecular weight excluding hydrogens is 468 g/mol. The van der Waals surface area contributed by atoms with Gasteiger partial charge in [0, 0.05) is 43.9 Å². The van der Waals surface area contributed by atoms with Crippen LogP contribution in [0.2, 0.25) is 0 Å². The molecule has 3 heterocycles. The molecule has 0 radical (unpaired) electrons. The van der Waals surface area contributed by atoms with Crippen molar-refractivity contribution in [2.75, 3.05) is 32.8 Å². The highest BCUT2D eigenvalue weighted by molar-refractivity contribution is 6.42. The summed E-state index contributed by atoms with van der Waals surface area (Å²) in [7, 11) is 0. The number of ether oxygens (including phenoxy) is 1. The first-order valence-electron chi connectivity index (χ1n) is 13.0. The van der Waals surface area contributed by atoms with Crippen molar-refractivity contribution in [3.63, 3.8) is 0 Å². The van der Waals surface area contributed by atoms with E-state index in [9.17, 15) is 10.1 Å². The minimum atomic E-state index is -0.782. The fourth-order valence-electron chi connectivity index (χ4n) is 4.89. The van der Waals surface area contributed by atoms with E-state index in [1.807, 2.05) is 29.8 Å². The maximum Gasteiger partial charge on any atom is 0.265 e. The van der Waals surface area contributed by atoms with Crippen LogP contribution < -0.4 is 11.1 Å². The Bertz CT molecular complexity index is 1140. The van der Waals surface area contributed by atoms with E-state index in [4.69, 9.17) is 21.0 Å². The Morgan fingerprint density at radius 2 is 2.05 bits per heavy atom. The average molecular weight is 505 g/mol. The van der Waals surface area contributed by atoms with Crippen LogP contribution in [0.1, 0.15) is 31.9 Å². The van der Waals surface area contributed by atoms with Crippen molar-refractivity contribution in [1.29, 1.82) is 10.7 Å². The number of hydrogen-bond donors (Lipinski definition) is 3. The lowest BCUT2D eigenvalue weighted by molar-refractivity contribution is -0.115. The molecular formula is C27H36N8O2. The van der Waals surface area contributed by atoms with E-state index in [0.29, 0.717) is 32.2 Å². The third-order valence-electron chi connectivity index (χ3n) is 6.96. The van der Waals surface area contributed by atoms with Crippen molar-refractivity contribution in [3.05, 3.63) is 42.1 Å². The molecule has 1 fully saturated rings. The molecule has 2 unspecified atom stereocenters. The third kappa shape index (κ3) is 6.68. The van der Waals surface area contributed by atoms with Crippen molar-refractivity contribution in [1.82, 2.24) is 20.0 Å². The topological polar surface area (TPSA) is 145 Å². The van der Waals surface area contributed by atoms with Crippen LogP contribution in [0.4, 0.5) is 0 Å². The van der Waals surface area contributed by atoms with Crippen LogP contribution in [0.25, 0.3) is 11.3 Å². The van der Waals surface area contributed by atoms with Gasteiger partial charge in [-0.1, -0.05) is 30.3 Å². The second-order valence-corrected chi connectivity index (χ2v) is 9.56. The summed E-state index contributed by atoms with van der Waals surface area (Å²) in [5.74, 6) is -0.620. The molecule has 2 aromatic rings. The van der Waals surface area contributed by atoms with Crippen molar-refractivity contribution in [2.24, 2.45) is 22.6 Å². The minimum absolute atomic E-state index is 0.0908. The smallest absolute Gasteiger partial charge is 0.265 e. The highest BCUT2D eigenvalue weighted by Gasteiger charge is 2.33. The maximum absolute atomic E-state index is 12.7. The number of rotatable bonds is 10. The molecule has 2 atom stereocenters. The van der Waals surface area contributed by atoms with Crippen LogP contribution >= 0.6 is 0 Å². The van der Waals surface area contributed by atoms with Gasteiger partial charge in [-0.2, -0.15) is 10.4 Å². The molecule has 4 rings (SSSR count).